The van der Waals surface area contributed by atoms with Crippen molar-refractivity contribution in [3.8, 4) is 0 Å². The molecule has 0 bridgehead atoms. The Labute approximate surface area is 439 Å². The molecule has 71 heavy (non-hydrogen) atoms. The predicted molar refractivity (Wildman–Crippen MR) is 307 cm³/mol. The number of hydrogen-bond donors (Lipinski definition) is 0. The first kappa shape index (κ1) is 67.6. The van der Waals surface area contributed by atoms with Gasteiger partial charge < -0.3 is 14.2 Å². The molecule has 6 heteroatoms. The van der Waals surface area contributed by atoms with Gasteiger partial charge in [0, 0.05) is 19.3 Å². The van der Waals surface area contributed by atoms with E-state index >= 15 is 0 Å². The molecule has 6 nitrogen and oxygen atoms in total. The molecule has 0 saturated heterocycles. The van der Waals surface area contributed by atoms with Gasteiger partial charge in [-0.05, 0) is 109 Å². The Kier molecular flexibility index (Phi) is 56.3. The average molecular weight is 990 g/mol. The number of carbonyl (C=O) groups excluding carboxylic acids is 3. The third-order valence-corrected chi connectivity index (χ3v) is 12.9. The number of allylic oxidation sites excluding steroid dienone is 14. The fourth-order valence-electron chi connectivity index (χ4n) is 8.30. The quantitative estimate of drug-likeness (QED) is 0.0199. The molecule has 0 aromatic carbocycles. The first-order valence-electron chi connectivity index (χ1n) is 30.1. The van der Waals surface area contributed by atoms with Gasteiger partial charge in [0.25, 0.3) is 0 Å². The molecule has 0 heterocycles. The SMILES string of the molecule is CCCCC/C=C\C/C=C\C/C=C\C/C=C\CCCC(=O)OCC(COC(=O)CCCCCCC/C=C\C=C/CCCCCCCCC)OC(=O)CCCCCCC/C=C\CCCCCCCCCCC. The van der Waals surface area contributed by atoms with Gasteiger partial charge in [-0.3, -0.25) is 14.4 Å². The van der Waals surface area contributed by atoms with Crippen molar-refractivity contribution >= 4 is 17.9 Å². The third-order valence-electron chi connectivity index (χ3n) is 12.9. The highest BCUT2D eigenvalue weighted by molar-refractivity contribution is 5.71. The van der Waals surface area contributed by atoms with Crippen molar-refractivity contribution in [3.05, 3.63) is 85.1 Å². The number of hydrogen-bond acceptors (Lipinski definition) is 6. The predicted octanol–water partition coefficient (Wildman–Crippen LogP) is 20.3. The van der Waals surface area contributed by atoms with Gasteiger partial charge in [0.05, 0.1) is 0 Å². The minimum absolute atomic E-state index is 0.105. The van der Waals surface area contributed by atoms with Crippen molar-refractivity contribution in [1.29, 1.82) is 0 Å². The minimum atomic E-state index is -0.811. The minimum Gasteiger partial charge on any atom is -0.462 e. The highest BCUT2D eigenvalue weighted by Gasteiger charge is 2.19. The molecule has 1 atom stereocenters. The largest absolute Gasteiger partial charge is 0.462 e. The first-order chi connectivity index (χ1) is 35.0. The summed E-state index contributed by atoms with van der Waals surface area (Å²) in [5.74, 6) is -0.977. The van der Waals surface area contributed by atoms with E-state index in [0.29, 0.717) is 19.3 Å². The van der Waals surface area contributed by atoms with E-state index in [4.69, 9.17) is 14.2 Å². The lowest BCUT2D eigenvalue weighted by Crippen LogP contribution is -2.30. The van der Waals surface area contributed by atoms with Crippen LogP contribution < -0.4 is 0 Å². The van der Waals surface area contributed by atoms with E-state index in [1.807, 2.05) is 0 Å². The molecular weight excluding hydrogens is 877 g/mol. The maximum absolute atomic E-state index is 12.9. The second-order valence-corrected chi connectivity index (χ2v) is 19.9. The zero-order chi connectivity index (χ0) is 51.4. The van der Waals surface area contributed by atoms with E-state index in [-0.39, 0.29) is 37.5 Å². The average Bonchev–Trinajstić information content (AvgIpc) is 3.37. The van der Waals surface area contributed by atoms with Gasteiger partial charge in [0.15, 0.2) is 6.10 Å². The zero-order valence-corrected chi connectivity index (χ0v) is 46.7. The third kappa shape index (κ3) is 57.4. The Bertz CT molecular complexity index is 1370. The topological polar surface area (TPSA) is 78.9 Å². The summed E-state index contributed by atoms with van der Waals surface area (Å²) in [5.41, 5.74) is 0. The second-order valence-electron chi connectivity index (χ2n) is 19.9. The van der Waals surface area contributed by atoms with Gasteiger partial charge >= 0.3 is 17.9 Å². The molecule has 0 aliphatic heterocycles. The fourth-order valence-corrected chi connectivity index (χ4v) is 8.30. The van der Waals surface area contributed by atoms with E-state index in [1.165, 1.54) is 148 Å². The molecule has 0 amide bonds. The van der Waals surface area contributed by atoms with Crippen molar-refractivity contribution in [2.75, 3.05) is 13.2 Å². The van der Waals surface area contributed by atoms with Gasteiger partial charge in [-0.2, -0.15) is 0 Å². The number of rotatable bonds is 54. The maximum Gasteiger partial charge on any atom is 0.306 e. The van der Waals surface area contributed by atoms with E-state index in [9.17, 15) is 14.4 Å². The molecule has 0 fully saturated rings. The van der Waals surface area contributed by atoms with Crippen LogP contribution in [0.4, 0.5) is 0 Å². The van der Waals surface area contributed by atoms with Gasteiger partial charge in [0.1, 0.15) is 13.2 Å². The molecule has 408 valence electrons. The summed E-state index contributed by atoms with van der Waals surface area (Å²) in [6.45, 7) is 6.56. The molecule has 0 aliphatic carbocycles. The standard InChI is InChI=1S/C65H112O6/c1-4-7-10-13-16-19-22-25-28-31-34-37-40-43-46-49-52-55-58-64(67)70-61-62(60-69-63(66)57-54-51-48-45-42-39-36-33-30-27-24-21-18-15-12-9-6-3)71-65(68)59-56-53-50-47-44-41-38-35-32-29-26-23-20-17-14-11-8-5-2/h18,21,27-28,30-31,34-39,45,48,62H,4-17,19-20,22-26,29,32-33,40-44,46-47,49-61H2,1-3H3/b21-18-,30-27-,31-28-,37-34-,38-35-,39-36-,48-45-. The van der Waals surface area contributed by atoms with Crippen LogP contribution in [0.2, 0.25) is 0 Å². The van der Waals surface area contributed by atoms with Crippen LogP contribution in [0.5, 0.6) is 0 Å². The first-order valence-corrected chi connectivity index (χ1v) is 30.1. The van der Waals surface area contributed by atoms with E-state index in [2.05, 4.69) is 106 Å². The van der Waals surface area contributed by atoms with Gasteiger partial charge in [-0.1, -0.05) is 247 Å². The number of unbranched alkanes of at least 4 members (excludes halogenated alkanes) is 30. The molecular formula is C65H112O6. The Morgan fingerprint density at radius 1 is 0.296 bits per heavy atom. The number of ether oxygens (including phenoxy) is 3. The Balaban J connectivity index is 4.50. The van der Waals surface area contributed by atoms with E-state index < -0.39 is 6.10 Å². The van der Waals surface area contributed by atoms with E-state index in [1.54, 1.807) is 0 Å². The van der Waals surface area contributed by atoms with Crippen LogP contribution in [0.1, 0.15) is 290 Å². The van der Waals surface area contributed by atoms with Crippen LogP contribution in [-0.2, 0) is 28.6 Å². The molecule has 0 aromatic rings. The highest BCUT2D eigenvalue weighted by Crippen LogP contribution is 2.14. The number of carbonyl (C=O) groups is 3. The molecule has 0 saturated carbocycles. The van der Waals surface area contributed by atoms with E-state index in [0.717, 1.165) is 96.3 Å². The molecule has 0 spiro atoms. The van der Waals surface area contributed by atoms with Gasteiger partial charge in [-0.15, -0.1) is 0 Å². The Morgan fingerprint density at radius 3 is 0.972 bits per heavy atom. The van der Waals surface area contributed by atoms with Crippen molar-refractivity contribution in [2.24, 2.45) is 0 Å². The van der Waals surface area contributed by atoms with Crippen LogP contribution in [0.3, 0.4) is 0 Å². The highest BCUT2D eigenvalue weighted by atomic mass is 16.6. The lowest BCUT2D eigenvalue weighted by Gasteiger charge is -2.18. The lowest BCUT2D eigenvalue weighted by molar-refractivity contribution is -0.167. The van der Waals surface area contributed by atoms with Crippen molar-refractivity contribution < 1.29 is 28.6 Å². The van der Waals surface area contributed by atoms with Crippen LogP contribution in [0, 0.1) is 0 Å². The van der Waals surface area contributed by atoms with Crippen LogP contribution in [0.15, 0.2) is 85.1 Å². The van der Waals surface area contributed by atoms with Crippen molar-refractivity contribution in [3.63, 3.8) is 0 Å². The molecule has 0 aliphatic rings. The molecule has 0 N–H and O–H groups in total. The molecule has 1 unspecified atom stereocenters. The summed E-state index contributed by atoms with van der Waals surface area (Å²) in [6, 6.07) is 0. The molecule has 0 rings (SSSR count). The lowest BCUT2D eigenvalue weighted by atomic mass is 10.1. The second kappa shape index (κ2) is 59.2. The summed E-state index contributed by atoms with van der Waals surface area (Å²) < 4.78 is 16.8. The van der Waals surface area contributed by atoms with Crippen molar-refractivity contribution in [2.45, 2.75) is 297 Å². The Morgan fingerprint density at radius 2 is 0.563 bits per heavy atom. The summed E-state index contributed by atoms with van der Waals surface area (Å²) in [5, 5.41) is 0. The summed E-state index contributed by atoms with van der Waals surface area (Å²) >= 11 is 0. The van der Waals surface area contributed by atoms with Crippen LogP contribution in [-0.4, -0.2) is 37.2 Å². The maximum atomic E-state index is 12.9. The monoisotopic (exact) mass is 989 g/mol. The van der Waals surface area contributed by atoms with Gasteiger partial charge in [-0.25, -0.2) is 0 Å². The fraction of sp³-hybridized carbons (Fsp3) is 0.738. The smallest absolute Gasteiger partial charge is 0.306 e. The van der Waals surface area contributed by atoms with Crippen LogP contribution >= 0.6 is 0 Å². The molecule has 0 aromatic heterocycles. The normalized spacial score (nSPS) is 12.7. The number of esters is 3. The summed E-state index contributed by atoms with van der Waals surface area (Å²) in [7, 11) is 0. The summed E-state index contributed by atoms with van der Waals surface area (Å²) in [6.07, 6.45) is 77.2. The zero-order valence-electron chi connectivity index (χ0n) is 46.7. The van der Waals surface area contributed by atoms with Gasteiger partial charge in [0.2, 0.25) is 0 Å². The molecule has 0 radical (unpaired) electrons. The Hall–Kier alpha value is -3.41. The summed E-state index contributed by atoms with van der Waals surface area (Å²) in [4.78, 5) is 38.2. The van der Waals surface area contributed by atoms with Crippen LogP contribution in [0.25, 0.3) is 0 Å². The van der Waals surface area contributed by atoms with Crippen molar-refractivity contribution in [1.82, 2.24) is 0 Å².